The Morgan fingerprint density at radius 1 is 1.41 bits per heavy atom. The zero-order valence-corrected chi connectivity index (χ0v) is 9.78. The summed E-state index contributed by atoms with van der Waals surface area (Å²) in [5.74, 6) is -0.644. The summed E-state index contributed by atoms with van der Waals surface area (Å²) in [5.41, 5.74) is 1.29. The predicted octanol–water partition coefficient (Wildman–Crippen LogP) is 3.35. The highest BCUT2D eigenvalue weighted by Crippen LogP contribution is 2.08. The Balaban J connectivity index is 2.47. The minimum Gasteiger partial charge on any atom is -0.463 e. The number of esters is 1. The molecular weight excluding hydrogens is 219 g/mol. The van der Waals surface area contributed by atoms with Crippen LogP contribution in [0.2, 0.25) is 0 Å². The normalized spacial score (nSPS) is 10.5. The van der Waals surface area contributed by atoms with E-state index in [1.807, 2.05) is 6.08 Å². The lowest BCUT2D eigenvalue weighted by Gasteiger charge is -2.01. The van der Waals surface area contributed by atoms with Gasteiger partial charge in [0.15, 0.2) is 0 Å². The molecule has 0 unspecified atom stereocenters. The number of hydrogen-bond donors (Lipinski definition) is 0. The highest BCUT2D eigenvalue weighted by molar-refractivity contribution is 5.88. The van der Waals surface area contributed by atoms with Crippen molar-refractivity contribution in [1.82, 2.24) is 0 Å². The number of hydrogen-bond acceptors (Lipinski definition) is 2. The van der Waals surface area contributed by atoms with Gasteiger partial charge in [-0.3, -0.25) is 0 Å². The van der Waals surface area contributed by atoms with Crippen LogP contribution in [0.3, 0.4) is 0 Å². The Kier molecular flexibility index (Phi) is 5.14. The summed E-state index contributed by atoms with van der Waals surface area (Å²) in [7, 11) is 0. The molecule has 90 valence electrons. The van der Waals surface area contributed by atoms with Crippen molar-refractivity contribution in [3.05, 3.63) is 53.9 Å². The molecule has 0 aliphatic carbocycles. The molecule has 1 aromatic carbocycles. The number of benzene rings is 1. The van der Waals surface area contributed by atoms with E-state index in [9.17, 15) is 9.18 Å². The highest BCUT2D eigenvalue weighted by Gasteiger charge is 2.04. The van der Waals surface area contributed by atoms with Crippen molar-refractivity contribution < 1.29 is 13.9 Å². The molecule has 0 saturated carbocycles. The minimum absolute atomic E-state index is 0.266. The van der Waals surface area contributed by atoms with Gasteiger partial charge < -0.3 is 4.74 Å². The number of carbonyl (C=O) groups excluding carboxylic acids is 1. The first-order valence-corrected chi connectivity index (χ1v) is 5.40. The van der Waals surface area contributed by atoms with Crippen LogP contribution < -0.4 is 0 Å². The summed E-state index contributed by atoms with van der Waals surface area (Å²) < 4.78 is 17.4. The van der Waals surface area contributed by atoms with Crippen LogP contribution in [0.5, 0.6) is 0 Å². The first kappa shape index (κ1) is 13.2. The lowest BCUT2D eigenvalue weighted by Crippen LogP contribution is -2.05. The second-order valence-corrected chi connectivity index (χ2v) is 3.48. The average Bonchev–Trinajstić information content (AvgIpc) is 2.32. The molecule has 0 spiro atoms. The summed E-state index contributed by atoms with van der Waals surface area (Å²) in [5, 5.41) is 0. The van der Waals surface area contributed by atoms with Gasteiger partial charge in [0.2, 0.25) is 0 Å². The Bertz CT molecular complexity index is 418. The maximum absolute atomic E-state index is 12.6. The first-order valence-electron chi connectivity index (χ1n) is 5.40. The molecule has 17 heavy (non-hydrogen) atoms. The first-order chi connectivity index (χ1) is 8.13. The van der Waals surface area contributed by atoms with Crippen molar-refractivity contribution in [2.24, 2.45) is 0 Å². The number of halogens is 1. The molecule has 0 aliphatic rings. The molecule has 1 rings (SSSR count). The van der Waals surface area contributed by atoms with Crippen molar-refractivity contribution in [3.8, 4) is 0 Å². The smallest absolute Gasteiger partial charge is 0.333 e. The van der Waals surface area contributed by atoms with Crippen LogP contribution in [0, 0.1) is 5.82 Å². The van der Waals surface area contributed by atoms with E-state index in [4.69, 9.17) is 4.74 Å². The molecule has 0 N–H and O–H groups in total. The van der Waals surface area contributed by atoms with Gasteiger partial charge in [0.05, 0.1) is 6.61 Å². The van der Waals surface area contributed by atoms with Crippen molar-refractivity contribution in [3.63, 3.8) is 0 Å². The summed E-state index contributed by atoms with van der Waals surface area (Å²) in [6.45, 7) is 5.73. The molecule has 2 nitrogen and oxygen atoms in total. The van der Waals surface area contributed by atoms with Gasteiger partial charge in [0.25, 0.3) is 0 Å². The lowest BCUT2D eigenvalue weighted by atomic mass is 10.1. The van der Waals surface area contributed by atoms with E-state index in [0.29, 0.717) is 18.6 Å². The van der Waals surface area contributed by atoms with Crippen LogP contribution in [0.25, 0.3) is 6.08 Å². The SMILES string of the molecule is C=C(C/C=C/c1ccc(F)cc1)C(=O)OCC. The quantitative estimate of drug-likeness (QED) is 0.577. The van der Waals surface area contributed by atoms with Crippen LogP contribution in [0.15, 0.2) is 42.5 Å². The van der Waals surface area contributed by atoms with Crippen LogP contribution in [0.4, 0.5) is 4.39 Å². The van der Waals surface area contributed by atoms with Crippen molar-refractivity contribution >= 4 is 12.0 Å². The maximum Gasteiger partial charge on any atom is 0.333 e. The maximum atomic E-state index is 12.6. The van der Waals surface area contributed by atoms with E-state index in [1.54, 1.807) is 25.1 Å². The van der Waals surface area contributed by atoms with E-state index < -0.39 is 0 Å². The summed E-state index contributed by atoms with van der Waals surface area (Å²) in [4.78, 5) is 11.2. The van der Waals surface area contributed by atoms with Crippen molar-refractivity contribution in [2.75, 3.05) is 6.61 Å². The summed E-state index contributed by atoms with van der Waals surface area (Å²) in [6.07, 6.45) is 4.03. The Morgan fingerprint density at radius 2 is 2.06 bits per heavy atom. The van der Waals surface area contributed by atoms with E-state index >= 15 is 0 Å². The molecule has 0 heterocycles. The van der Waals surface area contributed by atoms with Gasteiger partial charge in [-0.15, -0.1) is 0 Å². The van der Waals surface area contributed by atoms with E-state index in [2.05, 4.69) is 6.58 Å². The number of ether oxygens (including phenoxy) is 1. The molecule has 3 heteroatoms. The zero-order valence-electron chi connectivity index (χ0n) is 9.78. The Labute approximate surface area is 100 Å². The number of allylic oxidation sites excluding steroid dienone is 1. The molecule has 0 saturated heterocycles. The average molecular weight is 234 g/mol. The van der Waals surface area contributed by atoms with Gasteiger partial charge >= 0.3 is 5.97 Å². The zero-order chi connectivity index (χ0) is 12.7. The second-order valence-electron chi connectivity index (χ2n) is 3.48. The fraction of sp³-hybridized carbons (Fsp3) is 0.214. The molecule has 0 radical (unpaired) electrons. The van der Waals surface area contributed by atoms with Gasteiger partial charge in [-0.05, 0) is 31.0 Å². The van der Waals surface area contributed by atoms with Crippen LogP contribution in [0.1, 0.15) is 18.9 Å². The second kappa shape index (κ2) is 6.63. The third-order valence-electron chi connectivity index (χ3n) is 2.11. The molecule has 1 aromatic rings. The van der Waals surface area contributed by atoms with Crippen LogP contribution in [-0.4, -0.2) is 12.6 Å². The van der Waals surface area contributed by atoms with E-state index in [0.717, 1.165) is 5.56 Å². The van der Waals surface area contributed by atoms with Gasteiger partial charge in [0, 0.05) is 5.57 Å². The molecule has 0 aliphatic heterocycles. The number of carbonyl (C=O) groups is 1. The lowest BCUT2D eigenvalue weighted by molar-refractivity contribution is -0.138. The van der Waals surface area contributed by atoms with Gasteiger partial charge in [0.1, 0.15) is 5.82 Å². The van der Waals surface area contributed by atoms with Crippen LogP contribution >= 0.6 is 0 Å². The molecule has 0 aromatic heterocycles. The summed E-state index contributed by atoms with van der Waals surface area (Å²) in [6, 6.07) is 6.11. The Morgan fingerprint density at radius 3 is 2.65 bits per heavy atom. The molecular formula is C14H15FO2. The van der Waals surface area contributed by atoms with Crippen molar-refractivity contribution in [1.29, 1.82) is 0 Å². The van der Waals surface area contributed by atoms with E-state index in [-0.39, 0.29) is 11.8 Å². The van der Waals surface area contributed by atoms with E-state index in [1.165, 1.54) is 12.1 Å². The summed E-state index contributed by atoms with van der Waals surface area (Å²) >= 11 is 0. The molecule has 0 fully saturated rings. The number of rotatable bonds is 5. The molecule has 0 bridgehead atoms. The van der Waals surface area contributed by atoms with Crippen molar-refractivity contribution in [2.45, 2.75) is 13.3 Å². The largest absolute Gasteiger partial charge is 0.463 e. The monoisotopic (exact) mass is 234 g/mol. The van der Waals surface area contributed by atoms with Gasteiger partial charge in [-0.25, -0.2) is 9.18 Å². The van der Waals surface area contributed by atoms with Gasteiger partial charge in [-0.1, -0.05) is 30.9 Å². The topological polar surface area (TPSA) is 26.3 Å². The third-order valence-corrected chi connectivity index (χ3v) is 2.11. The van der Waals surface area contributed by atoms with Crippen LogP contribution in [-0.2, 0) is 9.53 Å². The third kappa shape index (κ3) is 4.64. The minimum atomic E-state index is -0.378. The predicted molar refractivity (Wildman–Crippen MR) is 65.8 cm³/mol. The fourth-order valence-electron chi connectivity index (χ4n) is 1.23. The molecule has 0 atom stereocenters. The Hall–Kier alpha value is -1.90. The standard InChI is InChI=1S/C14H15FO2/c1-3-17-14(16)11(2)5-4-6-12-7-9-13(15)10-8-12/h4,6-10H,2-3,5H2,1H3/b6-4+. The highest BCUT2D eigenvalue weighted by atomic mass is 19.1. The van der Waals surface area contributed by atoms with Gasteiger partial charge in [-0.2, -0.15) is 0 Å². The molecule has 0 amide bonds. The fourth-order valence-corrected chi connectivity index (χ4v) is 1.23.